The topological polar surface area (TPSA) is 0 Å². The minimum absolute atomic E-state index is 0.619. The Balaban J connectivity index is 0.000000861. The van der Waals surface area contributed by atoms with Crippen molar-refractivity contribution in [2.24, 2.45) is 0 Å². The van der Waals surface area contributed by atoms with Crippen molar-refractivity contribution in [2.75, 3.05) is 0 Å². The zero-order valence-corrected chi connectivity index (χ0v) is 13.0. The van der Waals surface area contributed by atoms with Crippen LogP contribution in [0.1, 0.15) is 69.1 Å². The summed E-state index contributed by atoms with van der Waals surface area (Å²) in [6.07, 6.45) is 9.60. The molecule has 0 aromatic heterocycles. The Labute approximate surface area is 119 Å². The van der Waals surface area contributed by atoms with Crippen molar-refractivity contribution in [3.05, 3.63) is 53.6 Å². The van der Waals surface area contributed by atoms with Crippen LogP contribution < -0.4 is 0 Å². The third kappa shape index (κ3) is 3.83. The van der Waals surface area contributed by atoms with Crippen LogP contribution in [0.25, 0.3) is 5.57 Å². The van der Waals surface area contributed by atoms with Crippen LogP contribution in [0.5, 0.6) is 0 Å². The first-order valence-electron chi connectivity index (χ1n) is 7.68. The standard InChI is InChI=1S/C17H22.C2H6/c1-4-13(2)16-11-8-12-17(14(16)3)15-9-6-5-7-10-15;1-2/h6,8-9,11-12,15H,2,4-5,7,10H2,1,3H3;1-2H3. The SMILES string of the molecule is C=C(CC)c1cccc(C2C=CCCC2)c1C.CC. The summed E-state index contributed by atoms with van der Waals surface area (Å²) in [6.45, 7) is 12.6. The van der Waals surface area contributed by atoms with Crippen LogP contribution in [-0.4, -0.2) is 0 Å². The largest absolute Gasteiger partial charge is 0.0952 e. The third-order valence-corrected chi connectivity index (χ3v) is 3.84. The molecule has 19 heavy (non-hydrogen) atoms. The second-order valence-electron chi connectivity index (χ2n) is 4.94. The number of hydrogen-bond donors (Lipinski definition) is 0. The summed E-state index contributed by atoms with van der Waals surface area (Å²) in [5, 5.41) is 0. The molecule has 1 unspecified atom stereocenters. The maximum absolute atomic E-state index is 4.17. The first-order chi connectivity index (χ1) is 9.24. The van der Waals surface area contributed by atoms with Gasteiger partial charge in [0.2, 0.25) is 0 Å². The van der Waals surface area contributed by atoms with Crippen LogP contribution in [0.15, 0.2) is 36.9 Å². The molecule has 0 bridgehead atoms. The van der Waals surface area contributed by atoms with Crippen molar-refractivity contribution in [3.63, 3.8) is 0 Å². The smallest absolute Gasteiger partial charge is 0.00209 e. The number of allylic oxidation sites excluding steroid dienone is 3. The number of hydrogen-bond acceptors (Lipinski definition) is 0. The van der Waals surface area contributed by atoms with Crippen LogP contribution >= 0.6 is 0 Å². The highest BCUT2D eigenvalue weighted by Crippen LogP contribution is 2.33. The molecule has 0 spiro atoms. The van der Waals surface area contributed by atoms with Gasteiger partial charge in [-0.2, -0.15) is 0 Å². The van der Waals surface area contributed by atoms with E-state index in [1.807, 2.05) is 13.8 Å². The monoisotopic (exact) mass is 256 g/mol. The summed E-state index contributed by atoms with van der Waals surface area (Å²) in [4.78, 5) is 0. The molecule has 0 amide bonds. The molecule has 0 saturated heterocycles. The summed E-state index contributed by atoms with van der Waals surface area (Å²) in [5.41, 5.74) is 5.53. The Morgan fingerprint density at radius 3 is 2.63 bits per heavy atom. The molecule has 0 N–H and O–H groups in total. The molecule has 0 saturated carbocycles. The van der Waals surface area contributed by atoms with Crippen LogP contribution in [-0.2, 0) is 0 Å². The van der Waals surface area contributed by atoms with E-state index in [1.165, 1.54) is 41.5 Å². The highest BCUT2D eigenvalue weighted by molar-refractivity contribution is 5.67. The van der Waals surface area contributed by atoms with E-state index in [2.05, 4.69) is 50.8 Å². The molecule has 0 aliphatic heterocycles. The molecule has 0 heteroatoms. The van der Waals surface area contributed by atoms with Crippen LogP contribution in [0.2, 0.25) is 0 Å². The summed E-state index contributed by atoms with van der Waals surface area (Å²) >= 11 is 0. The van der Waals surface area contributed by atoms with Crippen molar-refractivity contribution >= 4 is 5.57 Å². The Morgan fingerprint density at radius 1 is 1.32 bits per heavy atom. The maximum Gasteiger partial charge on any atom is 0.00209 e. The maximum atomic E-state index is 4.17. The van der Waals surface area contributed by atoms with Gasteiger partial charge in [0.1, 0.15) is 0 Å². The molecule has 0 nitrogen and oxygen atoms in total. The van der Waals surface area contributed by atoms with Crippen molar-refractivity contribution in [3.8, 4) is 0 Å². The zero-order valence-electron chi connectivity index (χ0n) is 13.0. The highest BCUT2D eigenvalue weighted by Gasteiger charge is 2.15. The molecule has 2 rings (SSSR count). The van der Waals surface area contributed by atoms with E-state index in [0.717, 1.165) is 6.42 Å². The fourth-order valence-electron chi connectivity index (χ4n) is 2.70. The Hall–Kier alpha value is -1.30. The van der Waals surface area contributed by atoms with Crippen molar-refractivity contribution < 1.29 is 0 Å². The molecular formula is C19H28. The molecule has 0 fully saturated rings. The van der Waals surface area contributed by atoms with Gasteiger partial charge in [0.25, 0.3) is 0 Å². The second kappa shape index (κ2) is 7.99. The normalized spacial score (nSPS) is 17.6. The molecule has 1 aliphatic rings. The predicted octanol–water partition coefficient (Wildman–Crippen LogP) is 6.27. The van der Waals surface area contributed by atoms with E-state index in [9.17, 15) is 0 Å². The minimum Gasteiger partial charge on any atom is -0.0952 e. The summed E-state index contributed by atoms with van der Waals surface area (Å²) in [6, 6.07) is 6.67. The van der Waals surface area contributed by atoms with Gasteiger partial charge in [-0.25, -0.2) is 0 Å². The quantitative estimate of drug-likeness (QED) is 0.559. The number of benzene rings is 1. The van der Waals surface area contributed by atoms with Gasteiger partial charge >= 0.3 is 0 Å². The van der Waals surface area contributed by atoms with Crippen LogP contribution in [0, 0.1) is 6.92 Å². The van der Waals surface area contributed by atoms with Crippen LogP contribution in [0.4, 0.5) is 0 Å². The fourth-order valence-corrected chi connectivity index (χ4v) is 2.70. The first-order valence-corrected chi connectivity index (χ1v) is 7.68. The summed E-state index contributed by atoms with van der Waals surface area (Å²) in [7, 11) is 0. The molecule has 0 heterocycles. The molecule has 0 radical (unpaired) electrons. The van der Waals surface area contributed by atoms with E-state index in [1.54, 1.807) is 0 Å². The Bertz CT molecular complexity index is 437. The van der Waals surface area contributed by atoms with E-state index >= 15 is 0 Å². The average Bonchev–Trinajstić information content (AvgIpc) is 2.49. The van der Waals surface area contributed by atoms with E-state index in [4.69, 9.17) is 0 Å². The first kappa shape index (κ1) is 15.8. The van der Waals surface area contributed by atoms with Crippen LogP contribution in [0.3, 0.4) is 0 Å². The van der Waals surface area contributed by atoms with Crippen molar-refractivity contribution in [1.82, 2.24) is 0 Å². The lowest BCUT2D eigenvalue weighted by atomic mass is 9.84. The van der Waals surface area contributed by atoms with Crippen molar-refractivity contribution in [1.29, 1.82) is 0 Å². The van der Waals surface area contributed by atoms with Gasteiger partial charge in [0.05, 0.1) is 0 Å². The fraction of sp³-hybridized carbons (Fsp3) is 0.474. The van der Waals surface area contributed by atoms with Gasteiger partial charge in [-0.05, 0) is 54.9 Å². The van der Waals surface area contributed by atoms with Gasteiger partial charge in [-0.1, -0.05) is 57.7 Å². The lowest BCUT2D eigenvalue weighted by Crippen LogP contribution is -2.03. The van der Waals surface area contributed by atoms with E-state index in [-0.39, 0.29) is 0 Å². The van der Waals surface area contributed by atoms with Gasteiger partial charge in [0, 0.05) is 5.92 Å². The van der Waals surface area contributed by atoms with Gasteiger partial charge < -0.3 is 0 Å². The van der Waals surface area contributed by atoms with Gasteiger partial charge in [-0.3, -0.25) is 0 Å². The molecule has 1 atom stereocenters. The highest BCUT2D eigenvalue weighted by atomic mass is 14.2. The number of rotatable bonds is 3. The average molecular weight is 256 g/mol. The van der Waals surface area contributed by atoms with Crippen molar-refractivity contribution in [2.45, 2.75) is 59.3 Å². The van der Waals surface area contributed by atoms with Gasteiger partial charge in [0.15, 0.2) is 0 Å². The lowest BCUT2D eigenvalue weighted by molar-refractivity contribution is 0.651. The Kier molecular flexibility index (Phi) is 6.62. The summed E-state index contributed by atoms with van der Waals surface area (Å²) < 4.78 is 0. The summed E-state index contributed by atoms with van der Waals surface area (Å²) in [5.74, 6) is 0.619. The predicted molar refractivity (Wildman–Crippen MR) is 87.6 cm³/mol. The second-order valence-corrected chi connectivity index (χ2v) is 4.94. The molecular weight excluding hydrogens is 228 g/mol. The molecule has 1 aliphatic carbocycles. The molecule has 1 aromatic carbocycles. The lowest BCUT2D eigenvalue weighted by Gasteiger charge is -2.21. The third-order valence-electron chi connectivity index (χ3n) is 3.84. The molecule has 1 aromatic rings. The van der Waals surface area contributed by atoms with Gasteiger partial charge in [-0.15, -0.1) is 0 Å². The Morgan fingerprint density at radius 2 is 2.05 bits per heavy atom. The zero-order chi connectivity index (χ0) is 14.3. The van der Waals surface area contributed by atoms with E-state index in [0.29, 0.717) is 5.92 Å². The van der Waals surface area contributed by atoms with E-state index < -0.39 is 0 Å². The molecule has 104 valence electrons. The minimum atomic E-state index is 0.619.